The Morgan fingerprint density at radius 2 is 2.18 bits per heavy atom. The van der Waals surface area contributed by atoms with Crippen LogP contribution in [0, 0.1) is 5.92 Å². The molecule has 1 aliphatic rings. The molecule has 0 amide bonds. The number of nitrogens with zero attached hydrogens (tertiary/aromatic N) is 2. The molecule has 0 atom stereocenters. The van der Waals surface area contributed by atoms with E-state index in [4.69, 9.17) is 23.2 Å². The normalized spacial score (nSPS) is 15.6. The van der Waals surface area contributed by atoms with Gasteiger partial charge in [0.1, 0.15) is 5.82 Å². The summed E-state index contributed by atoms with van der Waals surface area (Å²) in [5, 5.41) is 0.766. The van der Waals surface area contributed by atoms with E-state index < -0.39 is 0 Å². The van der Waals surface area contributed by atoms with E-state index in [9.17, 15) is 0 Å². The van der Waals surface area contributed by atoms with Gasteiger partial charge >= 0.3 is 0 Å². The van der Waals surface area contributed by atoms with Crippen molar-refractivity contribution in [1.82, 2.24) is 9.55 Å². The van der Waals surface area contributed by atoms with Gasteiger partial charge in [0, 0.05) is 6.54 Å². The van der Waals surface area contributed by atoms with Crippen LogP contribution < -0.4 is 0 Å². The lowest BCUT2D eigenvalue weighted by Crippen LogP contribution is -2.03. The molecule has 1 heterocycles. The average molecular weight is 269 g/mol. The highest BCUT2D eigenvalue weighted by Crippen LogP contribution is 2.34. The van der Waals surface area contributed by atoms with Gasteiger partial charge in [0.25, 0.3) is 0 Å². The number of halogens is 2. The lowest BCUT2D eigenvalue weighted by molar-refractivity contribution is 0.594. The monoisotopic (exact) mass is 268 g/mol. The van der Waals surface area contributed by atoms with Gasteiger partial charge in [-0.3, -0.25) is 0 Å². The second kappa shape index (κ2) is 4.51. The zero-order valence-electron chi connectivity index (χ0n) is 9.50. The summed E-state index contributed by atoms with van der Waals surface area (Å²) in [6, 6.07) is 5.84. The zero-order valence-corrected chi connectivity index (χ0v) is 11.0. The van der Waals surface area contributed by atoms with Crippen LogP contribution in [0.5, 0.6) is 0 Å². The predicted molar refractivity (Wildman–Crippen MR) is 71.6 cm³/mol. The van der Waals surface area contributed by atoms with Gasteiger partial charge in [0.2, 0.25) is 0 Å². The van der Waals surface area contributed by atoms with E-state index in [1.54, 1.807) is 0 Å². The van der Waals surface area contributed by atoms with Crippen LogP contribution in [0.2, 0.25) is 5.02 Å². The molecule has 1 aromatic heterocycles. The largest absolute Gasteiger partial charge is 0.326 e. The molecule has 0 N–H and O–H groups in total. The Morgan fingerprint density at radius 1 is 1.35 bits per heavy atom. The highest BCUT2D eigenvalue weighted by molar-refractivity contribution is 6.35. The number of rotatable bonds is 4. The van der Waals surface area contributed by atoms with Crippen molar-refractivity contribution in [2.24, 2.45) is 5.92 Å². The molecule has 0 aliphatic heterocycles. The van der Waals surface area contributed by atoms with E-state index in [1.807, 2.05) is 18.2 Å². The van der Waals surface area contributed by atoms with Gasteiger partial charge in [0.05, 0.1) is 21.9 Å². The molecular formula is C13H14Cl2N2. The van der Waals surface area contributed by atoms with Crippen LogP contribution in [-0.2, 0) is 12.4 Å². The minimum Gasteiger partial charge on any atom is -0.326 e. The van der Waals surface area contributed by atoms with Gasteiger partial charge in [-0.25, -0.2) is 4.98 Å². The molecule has 0 radical (unpaired) electrons. The Labute approximate surface area is 111 Å². The van der Waals surface area contributed by atoms with Gasteiger partial charge in [-0.05, 0) is 24.5 Å². The quantitative estimate of drug-likeness (QED) is 0.759. The van der Waals surface area contributed by atoms with Crippen molar-refractivity contribution >= 4 is 34.2 Å². The summed E-state index contributed by atoms with van der Waals surface area (Å²) in [4.78, 5) is 4.54. The lowest BCUT2D eigenvalue weighted by atomic mass is 10.2. The molecule has 90 valence electrons. The third kappa shape index (κ3) is 2.16. The topological polar surface area (TPSA) is 17.8 Å². The number of hydrogen-bond donors (Lipinski definition) is 0. The summed E-state index contributed by atoms with van der Waals surface area (Å²) < 4.78 is 2.18. The number of hydrogen-bond acceptors (Lipinski definition) is 1. The second-order valence-electron chi connectivity index (χ2n) is 4.65. The summed E-state index contributed by atoms with van der Waals surface area (Å²) in [7, 11) is 0. The van der Waals surface area contributed by atoms with Gasteiger partial charge < -0.3 is 4.57 Å². The van der Waals surface area contributed by atoms with Crippen molar-refractivity contribution in [3.8, 4) is 0 Å². The fourth-order valence-corrected chi connectivity index (χ4v) is 2.73. The van der Waals surface area contributed by atoms with E-state index in [1.165, 1.54) is 19.3 Å². The van der Waals surface area contributed by atoms with E-state index in [2.05, 4.69) is 9.55 Å². The standard InChI is InChI=1S/C13H14Cl2N2/c14-8-12-16-11-3-1-2-10(15)13(11)17(12)7-6-9-4-5-9/h1-3,9H,4-8H2. The van der Waals surface area contributed by atoms with Gasteiger partial charge in [-0.2, -0.15) is 0 Å². The summed E-state index contributed by atoms with van der Waals surface area (Å²) in [5.74, 6) is 2.27. The first-order valence-corrected chi connectivity index (χ1v) is 6.90. The van der Waals surface area contributed by atoms with Crippen LogP contribution in [0.3, 0.4) is 0 Å². The molecule has 2 nitrogen and oxygen atoms in total. The number of aromatic nitrogens is 2. The van der Waals surface area contributed by atoms with Crippen LogP contribution in [0.25, 0.3) is 11.0 Å². The van der Waals surface area contributed by atoms with Crippen LogP contribution >= 0.6 is 23.2 Å². The van der Waals surface area contributed by atoms with Gasteiger partial charge in [0.15, 0.2) is 0 Å². The Hall–Kier alpha value is -0.730. The molecule has 2 aromatic rings. The third-order valence-electron chi connectivity index (χ3n) is 3.37. The highest BCUT2D eigenvalue weighted by atomic mass is 35.5. The number of aryl methyl sites for hydroxylation is 1. The first kappa shape index (κ1) is 11.4. The first-order chi connectivity index (χ1) is 8.29. The minimum atomic E-state index is 0.440. The van der Waals surface area contributed by atoms with Gasteiger partial charge in [-0.1, -0.05) is 30.5 Å². The number of para-hydroxylation sites is 1. The van der Waals surface area contributed by atoms with Crippen LogP contribution in [0.4, 0.5) is 0 Å². The summed E-state index contributed by atoms with van der Waals surface area (Å²) in [6.45, 7) is 0.979. The molecule has 0 saturated heterocycles. The highest BCUT2D eigenvalue weighted by Gasteiger charge is 2.22. The van der Waals surface area contributed by atoms with E-state index >= 15 is 0 Å². The average Bonchev–Trinajstić information content (AvgIpc) is 3.08. The second-order valence-corrected chi connectivity index (χ2v) is 5.33. The van der Waals surface area contributed by atoms with Crippen LogP contribution in [0.1, 0.15) is 25.1 Å². The Bertz CT molecular complexity index is 544. The molecule has 0 bridgehead atoms. The molecule has 1 aromatic carbocycles. The summed E-state index contributed by atoms with van der Waals surface area (Å²) in [5.41, 5.74) is 1.98. The number of alkyl halides is 1. The van der Waals surface area contributed by atoms with Crippen LogP contribution in [-0.4, -0.2) is 9.55 Å². The molecule has 1 fully saturated rings. The molecule has 4 heteroatoms. The molecule has 0 spiro atoms. The lowest BCUT2D eigenvalue weighted by Gasteiger charge is -2.07. The minimum absolute atomic E-state index is 0.440. The maximum absolute atomic E-state index is 6.26. The molecule has 1 saturated carbocycles. The Morgan fingerprint density at radius 3 is 2.88 bits per heavy atom. The van der Waals surface area contributed by atoms with E-state index in [0.29, 0.717) is 5.88 Å². The van der Waals surface area contributed by atoms with Crippen molar-refractivity contribution in [1.29, 1.82) is 0 Å². The van der Waals surface area contributed by atoms with Gasteiger partial charge in [-0.15, -0.1) is 11.6 Å². The van der Waals surface area contributed by atoms with Crippen molar-refractivity contribution in [2.75, 3.05) is 0 Å². The molecule has 17 heavy (non-hydrogen) atoms. The van der Waals surface area contributed by atoms with E-state index in [0.717, 1.165) is 34.3 Å². The first-order valence-electron chi connectivity index (χ1n) is 5.99. The summed E-state index contributed by atoms with van der Waals surface area (Å²) >= 11 is 12.2. The predicted octanol–water partition coefficient (Wildman–Crippen LogP) is 4.23. The summed E-state index contributed by atoms with van der Waals surface area (Å²) in [6.07, 6.45) is 3.95. The molecule has 1 aliphatic carbocycles. The Kier molecular flexibility index (Phi) is 3.01. The molecule has 3 rings (SSSR count). The maximum Gasteiger partial charge on any atom is 0.124 e. The molecular weight excluding hydrogens is 255 g/mol. The third-order valence-corrected chi connectivity index (χ3v) is 3.92. The van der Waals surface area contributed by atoms with Crippen molar-refractivity contribution in [3.63, 3.8) is 0 Å². The zero-order chi connectivity index (χ0) is 11.8. The fourth-order valence-electron chi connectivity index (χ4n) is 2.25. The number of benzene rings is 1. The number of fused-ring (bicyclic) bond motifs is 1. The number of imidazole rings is 1. The smallest absolute Gasteiger partial charge is 0.124 e. The maximum atomic E-state index is 6.26. The fraction of sp³-hybridized carbons (Fsp3) is 0.462. The van der Waals surface area contributed by atoms with Crippen LogP contribution in [0.15, 0.2) is 18.2 Å². The van der Waals surface area contributed by atoms with Crippen molar-refractivity contribution < 1.29 is 0 Å². The SMILES string of the molecule is ClCc1nc2cccc(Cl)c2n1CCC1CC1. The van der Waals surface area contributed by atoms with Crippen molar-refractivity contribution in [3.05, 3.63) is 29.0 Å². The Balaban J connectivity index is 2.04. The van der Waals surface area contributed by atoms with E-state index in [-0.39, 0.29) is 0 Å². The molecule has 0 unspecified atom stereocenters. The van der Waals surface area contributed by atoms with Crippen molar-refractivity contribution in [2.45, 2.75) is 31.7 Å².